The van der Waals surface area contributed by atoms with Crippen molar-refractivity contribution in [2.75, 3.05) is 34.0 Å². The molecule has 4 nitrogen and oxygen atoms in total. The van der Waals surface area contributed by atoms with Crippen LogP contribution < -0.4 is 0 Å². The average molecular weight is 287 g/mol. The van der Waals surface area contributed by atoms with Crippen LogP contribution in [0.3, 0.4) is 0 Å². The SMILES string of the molecule is COCCOCC(=O)N(C)C(C)c1ccc(F)c(F)c1. The zero-order valence-corrected chi connectivity index (χ0v) is 11.9. The summed E-state index contributed by atoms with van der Waals surface area (Å²) in [5, 5.41) is 0. The molecule has 0 fully saturated rings. The molecule has 0 heterocycles. The smallest absolute Gasteiger partial charge is 0.248 e. The molecule has 0 saturated heterocycles. The molecule has 1 aromatic carbocycles. The van der Waals surface area contributed by atoms with Gasteiger partial charge in [-0.25, -0.2) is 8.78 Å². The van der Waals surface area contributed by atoms with E-state index in [1.807, 2.05) is 0 Å². The first-order valence-corrected chi connectivity index (χ1v) is 6.24. The lowest BCUT2D eigenvalue weighted by atomic mass is 10.1. The molecule has 0 N–H and O–H groups in total. The third-order valence-electron chi connectivity index (χ3n) is 3.06. The van der Waals surface area contributed by atoms with Gasteiger partial charge in [-0.05, 0) is 24.6 Å². The third-order valence-corrected chi connectivity index (χ3v) is 3.06. The van der Waals surface area contributed by atoms with Crippen molar-refractivity contribution in [1.82, 2.24) is 4.90 Å². The van der Waals surface area contributed by atoms with Crippen LogP contribution in [0.4, 0.5) is 8.78 Å². The Labute approximate surface area is 117 Å². The molecule has 6 heteroatoms. The van der Waals surface area contributed by atoms with Crippen molar-refractivity contribution in [3.05, 3.63) is 35.4 Å². The van der Waals surface area contributed by atoms with Crippen molar-refractivity contribution < 1.29 is 23.0 Å². The summed E-state index contributed by atoms with van der Waals surface area (Å²) >= 11 is 0. The fourth-order valence-electron chi connectivity index (χ4n) is 1.62. The van der Waals surface area contributed by atoms with Gasteiger partial charge in [-0.2, -0.15) is 0 Å². The number of rotatable bonds is 7. The van der Waals surface area contributed by atoms with Crippen LogP contribution >= 0.6 is 0 Å². The predicted molar refractivity (Wildman–Crippen MR) is 70.2 cm³/mol. The second-order valence-electron chi connectivity index (χ2n) is 4.40. The molecule has 0 aliphatic carbocycles. The van der Waals surface area contributed by atoms with E-state index >= 15 is 0 Å². The van der Waals surface area contributed by atoms with Gasteiger partial charge in [0, 0.05) is 14.2 Å². The summed E-state index contributed by atoms with van der Waals surface area (Å²) in [5.41, 5.74) is 0.525. The van der Waals surface area contributed by atoms with E-state index in [0.717, 1.165) is 12.1 Å². The Kier molecular flexibility index (Phi) is 6.54. The summed E-state index contributed by atoms with van der Waals surface area (Å²) in [7, 11) is 3.14. The van der Waals surface area contributed by atoms with Gasteiger partial charge in [-0.15, -0.1) is 0 Å². The van der Waals surface area contributed by atoms with Crippen molar-refractivity contribution in [1.29, 1.82) is 0 Å². The summed E-state index contributed by atoms with van der Waals surface area (Å²) in [5.74, 6) is -2.07. The highest BCUT2D eigenvalue weighted by Crippen LogP contribution is 2.20. The lowest BCUT2D eigenvalue weighted by Crippen LogP contribution is -2.33. The summed E-state index contributed by atoms with van der Waals surface area (Å²) in [6, 6.07) is 3.23. The average Bonchev–Trinajstić information content (AvgIpc) is 2.44. The molecule has 0 aliphatic rings. The lowest BCUT2D eigenvalue weighted by molar-refractivity contribution is -0.137. The molecule has 0 aliphatic heterocycles. The number of hydrogen-bond donors (Lipinski definition) is 0. The topological polar surface area (TPSA) is 38.8 Å². The Morgan fingerprint density at radius 3 is 2.60 bits per heavy atom. The summed E-state index contributed by atoms with van der Waals surface area (Å²) in [4.78, 5) is 13.3. The fraction of sp³-hybridized carbons (Fsp3) is 0.500. The molecule has 0 aromatic heterocycles. The number of ether oxygens (including phenoxy) is 2. The number of methoxy groups -OCH3 is 1. The van der Waals surface area contributed by atoms with Gasteiger partial charge < -0.3 is 14.4 Å². The molecular formula is C14H19F2NO3. The minimum Gasteiger partial charge on any atom is -0.382 e. The first-order valence-electron chi connectivity index (χ1n) is 6.24. The van der Waals surface area contributed by atoms with Gasteiger partial charge >= 0.3 is 0 Å². The Hall–Kier alpha value is -1.53. The third kappa shape index (κ3) is 4.54. The van der Waals surface area contributed by atoms with E-state index in [1.54, 1.807) is 21.1 Å². The van der Waals surface area contributed by atoms with Crippen LogP contribution in [0.5, 0.6) is 0 Å². The molecule has 1 amide bonds. The normalized spacial score (nSPS) is 12.2. The molecule has 1 unspecified atom stereocenters. The van der Waals surface area contributed by atoms with Crippen molar-refractivity contribution in [2.45, 2.75) is 13.0 Å². The Morgan fingerprint density at radius 2 is 2.00 bits per heavy atom. The van der Waals surface area contributed by atoms with Gasteiger partial charge in [0.2, 0.25) is 5.91 Å². The molecule has 20 heavy (non-hydrogen) atoms. The highest BCUT2D eigenvalue weighted by molar-refractivity contribution is 5.77. The maximum Gasteiger partial charge on any atom is 0.248 e. The molecule has 1 rings (SSSR count). The number of halogens is 2. The number of hydrogen-bond acceptors (Lipinski definition) is 3. The molecule has 0 saturated carbocycles. The summed E-state index contributed by atoms with van der Waals surface area (Å²) in [6.07, 6.45) is 0. The molecule has 1 aromatic rings. The molecular weight excluding hydrogens is 268 g/mol. The van der Waals surface area contributed by atoms with Crippen LogP contribution in [0.25, 0.3) is 0 Å². The largest absolute Gasteiger partial charge is 0.382 e. The maximum absolute atomic E-state index is 13.2. The highest BCUT2D eigenvalue weighted by atomic mass is 19.2. The van der Waals surface area contributed by atoms with E-state index in [4.69, 9.17) is 9.47 Å². The summed E-state index contributed by atoms with van der Waals surface area (Å²) in [6.45, 7) is 2.40. The van der Waals surface area contributed by atoms with E-state index in [0.29, 0.717) is 18.8 Å². The van der Waals surface area contributed by atoms with Gasteiger partial charge in [-0.3, -0.25) is 4.79 Å². The number of likely N-dealkylation sites (N-methyl/N-ethyl adjacent to an activating group) is 1. The van der Waals surface area contributed by atoms with Crippen molar-refractivity contribution >= 4 is 5.91 Å². The van der Waals surface area contributed by atoms with Crippen LogP contribution in [0.1, 0.15) is 18.5 Å². The zero-order valence-electron chi connectivity index (χ0n) is 11.9. The van der Waals surface area contributed by atoms with Crippen LogP contribution in [0.2, 0.25) is 0 Å². The monoisotopic (exact) mass is 287 g/mol. The van der Waals surface area contributed by atoms with Crippen LogP contribution in [0, 0.1) is 11.6 Å². The second-order valence-corrected chi connectivity index (χ2v) is 4.40. The van der Waals surface area contributed by atoms with Crippen molar-refractivity contribution in [3.8, 4) is 0 Å². The van der Waals surface area contributed by atoms with Crippen LogP contribution in [-0.2, 0) is 14.3 Å². The molecule has 1 atom stereocenters. The summed E-state index contributed by atoms with van der Waals surface area (Å²) < 4.78 is 36.0. The van der Waals surface area contributed by atoms with Crippen molar-refractivity contribution in [3.63, 3.8) is 0 Å². The zero-order chi connectivity index (χ0) is 15.1. The Bertz CT molecular complexity index is 454. The van der Waals surface area contributed by atoms with E-state index in [1.165, 1.54) is 11.0 Å². The van der Waals surface area contributed by atoms with E-state index in [9.17, 15) is 13.6 Å². The van der Waals surface area contributed by atoms with Gasteiger partial charge in [0.1, 0.15) is 6.61 Å². The quantitative estimate of drug-likeness (QED) is 0.721. The van der Waals surface area contributed by atoms with Gasteiger partial charge in [-0.1, -0.05) is 6.07 Å². The van der Waals surface area contributed by atoms with Crippen LogP contribution in [0.15, 0.2) is 18.2 Å². The number of amides is 1. The number of carbonyl (C=O) groups excluding carboxylic acids is 1. The number of benzene rings is 1. The van der Waals surface area contributed by atoms with Gasteiger partial charge in [0.25, 0.3) is 0 Å². The van der Waals surface area contributed by atoms with Gasteiger partial charge in [0.05, 0.1) is 19.3 Å². The minimum absolute atomic E-state index is 0.0755. The molecule has 0 radical (unpaired) electrons. The fourth-order valence-corrected chi connectivity index (χ4v) is 1.62. The number of carbonyl (C=O) groups is 1. The van der Waals surface area contributed by atoms with Crippen molar-refractivity contribution in [2.24, 2.45) is 0 Å². The minimum atomic E-state index is -0.924. The maximum atomic E-state index is 13.2. The predicted octanol–water partition coefficient (Wildman–Crippen LogP) is 2.15. The standard InChI is InChI=1S/C14H19F2NO3/c1-10(11-4-5-12(15)13(16)8-11)17(2)14(18)9-20-7-6-19-3/h4-5,8,10H,6-7,9H2,1-3H3. The molecule has 112 valence electrons. The highest BCUT2D eigenvalue weighted by Gasteiger charge is 2.18. The Morgan fingerprint density at radius 1 is 1.30 bits per heavy atom. The first kappa shape index (κ1) is 16.5. The lowest BCUT2D eigenvalue weighted by Gasteiger charge is -2.25. The first-order chi connectivity index (χ1) is 9.47. The van der Waals surface area contributed by atoms with Crippen LogP contribution in [-0.4, -0.2) is 44.8 Å². The van der Waals surface area contributed by atoms with Gasteiger partial charge in [0.15, 0.2) is 11.6 Å². The second kappa shape index (κ2) is 7.91. The molecule has 0 spiro atoms. The Balaban J connectivity index is 2.58. The molecule has 0 bridgehead atoms. The van der Waals surface area contributed by atoms with E-state index < -0.39 is 11.6 Å². The van der Waals surface area contributed by atoms with E-state index in [-0.39, 0.29) is 18.6 Å². The number of nitrogens with zero attached hydrogens (tertiary/aromatic N) is 1. The van der Waals surface area contributed by atoms with E-state index in [2.05, 4.69) is 0 Å².